The monoisotopic (exact) mass is 384 g/mol. The molecule has 0 saturated heterocycles. The largest absolute Gasteiger partial charge is 0.497 e. The van der Waals surface area contributed by atoms with E-state index in [0.717, 1.165) is 11.1 Å². The molecular weight excluding hydrogens is 360 g/mol. The molecule has 0 radical (unpaired) electrons. The lowest BCUT2D eigenvalue weighted by Crippen LogP contribution is -2.26. The van der Waals surface area contributed by atoms with E-state index >= 15 is 0 Å². The van der Waals surface area contributed by atoms with Gasteiger partial charge in [-0.3, -0.25) is 9.36 Å². The first-order chi connectivity index (χ1) is 13.5. The quantitative estimate of drug-likeness (QED) is 0.597. The molecule has 7 nitrogen and oxygen atoms in total. The molecule has 0 spiro atoms. The number of oxazole rings is 1. The fraction of sp³-hybridized carbons (Fsp3) is 0.333. The summed E-state index contributed by atoms with van der Waals surface area (Å²) in [6.45, 7) is 0.863. The molecule has 3 aromatic rings. The van der Waals surface area contributed by atoms with Gasteiger partial charge in [-0.25, -0.2) is 4.79 Å². The number of methoxy groups -OCH3 is 2. The number of rotatable bonds is 8. The lowest BCUT2D eigenvalue weighted by Gasteiger charge is -2.19. The van der Waals surface area contributed by atoms with E-state index < -0.39 is 5.76 Å². The Morgan fingerprint density at radius 1 is 1.14 bits per heavy atom. The minimum absolute atomic E-state index is 0.00118. The van der Waals surface area contributed by atoms with Gasteiger partial charge in [0.25, 0.3) is 0 Å². The molecule has 28 heavy (non-hydrogen) atoms. The zero-order chi connectivity index (χ0) is 20.1. The number of fused-ring (bicyclic) bond motifs is 1. The first-order valence-corrected chi connectivity index (χ1v) is 9.06. The molecule has 0 aliphatic carbocycles. The van der Waals surface area contributed by atoms with Crippen molar-refractivity contribution in [1.82, 2.24) is 9.47 Å². The molecule has 0 aliphatic rings. The predicted molar refractivity (Wildman–Crippen MR) is 106 cm³/mol. The molecule has 0 saturated carbocycles. The number of hydrogen-bond acceptors (Lipinski definition) is 5. The van der Waals surface area contributed by atoms with Crippen molar-refractivity contribution in [3.63, 3.8) is 0 Å². The molecular formula is C21H24N2O5. The lowest BCUT2D eigenvalue weighted by molar-refractivity contribution is -0.130. The van der Waals surface area contributed by atoms with Crippen LogP contribution in [0.5, 0.6) is 11.5 Å². The summed E-state index contributed by atoms with van der Waals surface area (Å²) in [5, 5.41) is 0. The Balaban J connectivity index is 1.59. The van der Waals surface area contributed by atoms with Gasteiger partial charge in [-0.15, -0.1) is 0 Å². The van der Waals surface area contributed by atoms with Gasteiger partial charge in [-0.05, 0) is 30.7 Å². The van der Waals surface area contributed by atoms with Crippen molar-refractivity contribution in [2.24, 2.45) is 0 Å². The Morgan fingerprint density at radius 3 is 2.68 bits per heavy atom. The number of ether oxygens (including phenoxy) is 2. The summed E-state index contributed by atoms with van der Waals surface area (Å²) < 4.78 is 17.4. The maximum absolute atomic E-state index is 12.5. The van der Waals surface area contributed by atoms with E-state index in [1.807, 2.05) is 30.3 Å². The van der Waals surface area contributed by atoms with Crippen LogP contribution in [0.3, 0.4) is 0 Å². The Hall–Kier alpha value is -3.22. The molecule has 0 N–H and O–H groups in total. The SMILES string of the molecule is COc1ccc(CN(C)C(=O)CCCn2c(=O)oc3ccccc32)c(OC)c1. The van der Waals surface area contributed by atoms with Crippen LogP contribution < -0.4 is 15.2 Å². The molecule has 1 aromatic heterocycles. The number of benzene rings is 2. The predicted octanol–water partition coefficient (Wildman–Crippen LogP) is 3.05. The van der Waals surface area contributed by atoms with Gasteiger partial charge >= 0.3 is 5.76 Å². The van der Waals surface area contributed by atoms with Gasteiger partial charge in [-0.2, -0.15) is 0 Å². The Kier molecular flexibility index (Phi) is 6.03. The summed E-state index contributed by atoms with van der Waals surface area (Å²) in [6, 6.07) is 12.8. The van der Waals surface area contributed by atoms with Gasteiger partial charge < -0.3 is 18.8 Å². The van der Waals surface area contributed by atoms with E-state index in [9.17, 15) is 9.59 Å². The highest BCUT2D eigenvalue weighted by molar-refractivity contribution is 5.76. The number of para-hydroxylation sites is 2. The Labute approximate surface area is 163 Å². The average Bonchev–Trinajstić information content (AvgIpc) is 3.03. The topological polar surface area (TPSA) is 73.9 Å². The third kappa shape index (κ3) is 4.19. The molecule has 148 valence electrons. The molecule has 2 aromatic carbocycles. The fourth-order valence-corrected chi connectivity index (χ4v) is 3.13. The third-order valence-corrected chi connectivity index (χ3v) is 4.67. The second kappa shape index (κ2) is 8.65. The molecule has 1 amide bonds. The van der Waals surface area contributed by atoms with E-state index in [2.05, 4.69) is 0 Å². The van der Waals surface area contributed by atoms with E-state index in [0.29, 0.717) is 43.0 Å². The maximum Gasteiger partial charge on any atom is 0.419 e. The molecule has 7 heteroatoms. The maximum atomic E-state index is 12.5. The van der Waals surface area contributed by atoms with Gasteiger partial charge in [0.1, 0.15) is 11.5 Å². The summed E-state index contributed by atoms with van der Waals surface area (Å²) in [6.07, 6.45) is 0.882. The van der Waals surface area contributed by atoms with Crippen molar-refractivity contribution in [3.05, 3.63) is 58.6 Å². The summed E-state index contributed by atoms with van der Waals surface area (Å²) in [5.74, 6) is 0.978. The summed E-state index contributed by atoms with van der Waals surface area (Å²) in [7, 11) is 4.94. The van der Waals surface area contributed by atoms with Crippen LogP contribution in [-0.2, 0) is 17.9 Å². The van der Waals surface area contributed by atoms with Crippen molar-refractivity contribution >= 4 is 17.0 Å². The third-order valence-electron chi connectivity index (χ3n) is 4.67. The van der Waals surface area contributed by atoms with E-state index in [1.54, 1.807) is 42.9 Å². The van der Waals surface area contributed by atoms with Crippen LogP contribution >= 0.6 is 0 Å². The number of carbonyl (C=O) groups excluding carboxylic acids is 1. The number of nitrogens with zero attached hydrogens (tertiary/aromatic N) is 2. The second-order valence-electron chi connectivity index (χ2n) is 6.52. The van der Waals surface area contributed by atoms with Crippen LogP contribution in [0.1, 0.15) is 18.4 Å². The Morgan fingerprint density at radius 2 is 1.93 bits per heavy atom. The van der Waals surface area contributed by atoms with Crippen LogP contribution in [0.2, 0.25) is 0 Å². The van der Waals surface area contributed by atoms with Crippen molar-refractivity contribution in [2.75, 3.05) is 21.3 Å². The van der Waals surface area contributed by atoms with E-state index in [4.69, 9.17) is 13.9 Å². The van der Waals surface area contributed by atoms with Crippen molar-refractivity contribution in [2.45, 2.75) is 25.9 Å². The molecule has 3 rings (SSSR count). The van der Waals surface area contributed by atoms with Gasteiger partial charge in [0, 0.05) is 38.2 Å². The molecule has 0 atom stereocenters. The van der Waals surface area contributed by atoms with Gasteiger partial charge in [-0.1, -0.05) is 12.1 Å². The van der Waals surface area contributed by atoms with Crippen LogP contribution in [-0.4, -0.2) is 36.6 Å². The molecule has 0 aliphatic heterocycles. The number of aromatic nitrogens is 1. The first kappa shape index (κ1) is 19.5. The van der Waals surface area contributed by atoms with E-state index in [1.165, 1.54) is 0 Å². The fourth-order valence-electron chi connectivity index (χ4n) is 3.13. The van der Waals surface area contributed by atoms with E-state index in [-0.39, 0.29) is 5.91 Å². The Bertz CT molecular complexity index is 1020. The van der Waals surface area contributed by atoms with Gasteiger partial charge in [0.2, 0.25) is 5.91 Å². The molecule has 1 heterocycles. The number of hydrogen-bond donors (Lipinski definition) is 0. The zero-order valence-corrected chi connectivity index (χ0v) is 16.3. The first-order valence-electron chi connectivity index (χ1n) is 9.06. The smallest absolute Gasteiger partial charge is 0.419 e. The van der Waals surface area contributed by atoms with Crippen molar-refractivity contribution in [1.29, 1.82) is 0 Å². The highest BCUT2D eigenvalue weighted by Gasteiger charge is 2.14. The normalized spacial score (nSPS) is 10.8. The summed E-state index contributed by atoms with van der Waals surface area (Å²) in [4.78, 5) is 26.1. The molecule has 0 bridgehead atoms. The minimum atomic E-state index is -0.398. The van der Waals surface area contributed by atoms with Crippen LogP contribution in [0.15, 0.2) is 51.7 Å². The lowest BCUT2D eigenvalue weighted by atomic mass is 10.1. The average molecular weight is 384 g/mol. The number of carbonyl (C=O) groups is 1. The zero-order valence-electron chi connectivity index (χ0n) is 16.3. The number of aryl methyl sites for hydroxylation is 1. The standard InChI is InChI=1S/C21H24N2O5/c1-22(14-15-10-11-16(26-2)13-19(15)27-3)20(24)9-6-12-23-17-7-4-5-8-18(17)28-21(23)25/h4-5,7-8,10-11,13H,6,9,12,14H2,1-3H3. The highest BCUT2D eigenvalue weighted by Crippen LogP contribution is 2.25. The van der Waals surface area contributed by atoms with Crippen molar-refractivity contribution in [3.8, 4) is 11.5 Å². The molecule has 0 fully saturated rings. The summed E-state index contributed by atoms with van der Waals surface area (Å²) >= 11 is 0. The highest BCUT2D eigenvalue weighted by atomic mass is 16.5. The van der Waals surface area contributed by atoms with Crippen LogP contribution in [0.4, 0.5) is 0 Å². The summed E-state index contributed by atoms with van der Waals surface area (Å²) in [5.41, 5.74) is 2.20. The minimum Gasteiger partial charge on any atom is -0.497 e. The molecule has 0 unspecified atom stereocenters. The number of amides is 1. The van der Waals surface area contributed by atoms with Crippen molar-refractivity contribution < 1.29 is 18.7 Å². The van der Waals surface area contributed by atoms with Gasteiger partial charge in [0.15, 0.2) is 5.58 Å². The van der Waals surface area contributed by atoms with Crippen LogP contribution in [0.25, 0.3) is 11.1 Å². The van der Waals surface area contributed by atoms with Gasteiger partial charge in [0.05, 0.1) is 19.7 Å². The second-order valence-corrected chi connectivity index (χ2v) is 6.52. The van der Waals surface area contributed by atoms with Crippen LogP contribution in [0, 0.1) is 0 Å².